The molecule has 19 heavy (non-hydrogen) atoms. The number of nitrogens with zero attached hydrogens (tertiary/aromatic N) is 1. The van der Waals surface area contributed by atoms with E-state index in [0.29, 0.717) is 5.11 Å². The standard InChI is InChI=1S/C15H19N3S/c1-10-5-7-13(8-10)17-18-15(19)16-14-9-11(2)4-6-12(14)3/h4,6,8-9H,5,7H2,1-3H3,(H2,16,18,19)/b17-13-. The summed E-state index contributed by atoms with van der Waals surface area (Å²) in [6.45, 7) is 6.24. The van der Waals surface area contributed by atoms with Crippen LogP contribution in [0.1, 0.15) is 30.9 Å². The van der Waals surface area contributed by atoms with Crippen LogP contribution in [0.2, 0.25) is 0 Å². The molecule has 100 valence electrons. The maximum absolute atomic E-state index is 5.25. The lowest BCUT2D eigenvalue weighted by atomic mass is 10.1. The zero-order chi connectivity index (χ0) is 13.8. The molecule has 0 unspecified atom stereocenters. The molecule has 1 aliphatic carbocycles. The van der Waals surface area contributed by atoms with Crippen molar-refractivity contribution in [3.05, 3.63) is 41.0 Å². The number of thiocarbonyl (C=S) groups is 1. The van der Waals surface area contributed by atoms with Crippen LogP contribution in [-0.4, -0.2) is 10.8 Å². The van der Waals surface area contributed by atoms with Gasteiger partial charge in [-0.05, 0) is 69.1 Å². The van der Waals surface area contributed by atoms with Gasteiger partial charge in [0.1, 0.15) is 0 Å². The van der Waals surface area contributed by atoms with Crippen LogP contribution in [0.3, 0.4) is 0 Å². The zero-order valence-electron chi connectivity index (χ0n) is 11.6. The van der Waals surface area contributed by atoms with Crippen molar-refractivity contribution in [1.29, 1.82) is 0 Å². The highest BCUT2D eigenvalue weighted by molar-refractivity contribution is 7.80. The van der Waals surface area contributed by atoms with Crippen molar-refractivity contribution in [2.45, 2.75) is 33.6 Å². The molecule has 0 amide bonds. The fourth-order valence-corrected chi connectivity index (χ4v) is 2.14. The predicted molar refractivity (Wildman–Crippen MR) is 85.7 cm³/mol. The predicted octanol–water partition coefficient (Wildman–Crippen LogP) is 3.69. The van der Waals surface area contributed by atoms with Gasteiger partial charge in [0, 0.05) is 5.69 Å². The van der Waals surface area contributed by atoms with E-state index in [1.54, 1.807) is 0 Å². The highest BCUT2D eigenvalue weighted by atomic mass is 32.1. The Morgan fingerprint density at radius 2 is 2.00 bits per heavy atom. The number of anilines is 1. The Hall–Kier alpha value is -1.68. The maximum Gasteiger partial charge on any atom is 0.191 e. The van der Waals surface area contributed by atoms with Gasteiger partial charge in [-0.25, -0.2) is 0 Å². The Labute approximate surface area is 119 Å². The fraction of sp³-hybridized carbons (Fsp3) is 0.333. The van der Waals surface area contributed by atoms with Crippen LogP contribution in [-0.2, 0) is 0 Å². The molecule has 0 heterocycles. The molecule has 0 radical (unpaired) electrons. The molecule has 4 heteroatoms. The minimum atomic E-state index is 0.527. The third-order valence-corrected chi connectivity index (χ3v) is 3.32. The lowest BCUT2D eigenvalue weighted by molar-refractivity contribution is 1.00. The van der Waals surface area contributed by atoms with Crippen molar-refractivity contribution >= 4 is 28.7 Å². The van der Waals surface area contributed by atoms with Crippen molar-refractivity contribution in [3.8, 4) is 0 Å². The molecule has 0 saturated heterocycles. The van der Waals surface area contributed by atoms with E-state index in [0.717, 1.165) is 24.2 Å². The van der Waals surface area contributed by atoms with Crippen LogP contribution in [0.5, 0.6) is 0 Å². The number of hydrazone groups is 1. The van der Waals surface area contributed by atoms with E-state index in [1.165, 1.54) is 16.7 Å². The van der Waals surface area contributed by atoms with Crippen LogP contribution in [0.25, 0.3) is 0 Å². The molecule has 2 rings (SSSR count). The Balaban J connectivity index is 1.96. The normalized spacial score (nSPS) is 16.4. The van der Waals surface area contributed by atoms with Crippen LogP contribution < -0.4 is 10.7 Å². The monoisotopic (exact) mass is 273 g/mol. The molecule has 1 aromatic carbocycles. The average Bonchev–Trinajstić information content (AvgIpc) is 2.77. The van der Waals surface area contributed by atoms with Gasteiger partial charge in [0.2, 0.25) is 0 Å². The number of aryl methyl sites for hydroxylation is 2. The second kappa shape index (κ2) is 5.97. The van der Waals surface area contributed by atoms with E-state index in [4.69, 9.17) is 12.2 Å². The van der Waals surface area contributed by atoms with E-state index in [9.17, 15) is 0 Å². The zero-order valence-corrected chi connectivity index (χ0v) is 12.4. The Morgan fingerprint density at radius 1 is 1.21 bits per heavy atom. The molecule has 0 aliphatic heterocycles. The third kappa shape index (κ3) is 3.89. The molecule has 1 aliphatic rings. The number of rotatable bonds is 2. The van der Waals surface area contributed by atoms with Crippen LogP contribution in [0.15, 0.2) is 34.9 Å². The lowest BCUT2D eigenvalue weighted by Gasteiger charge is -2.11. The number of hydrogen-bond donors (Lipinski definition) is 2. The van der Waals surface area contributed by atoms with E-state index >= 15 is 0 Å². The first-order valence-corrected chi connectivity index (χ1v) is 6.83. The summed E-state index contributed by atoms with van der Waals surface area (Å²) in [5.74, 6) is 0. The first-order chi connectivity index (χ1) is 9.04. The molecule has 0 aromatic heterocycles. The minimum Gasteiger partial charge on any atom is -0.331 e. The van der Waals surface area contributed by atoms with Crippen LogP contribution in [0.4, 0.5) is 5.69 Å². The molecular formula is C15H19N3S. The first kappa shape index (κ1) is 13.7. The van der Waals surface area contributed by atoms with Gasteiger partial charge in [-0.2, -0.15) is 5.10 Å². The summed E-state index contributed by atoms with van der Waals surface area (Å²) in [6, 6.07) is 6.24. The Bertz CT molecular complexity index is 559. The quantitative estimate of drug-likeness (QED) is 0.637. The van der Waals surface area contributed by atoms with E-state index in [-0.39, 0.29) is 0 Å². The van der Waals surface area contributed by atoms with Gasteiger partial charge in [0.25, 0.3) is 0 Å². The molecule has 1 aromatic rings. The summed E-state index contributed by atoms with van der Waals surface area (Å²) in [5.41, 5.74) is 8.73. The third-order valence-electron chi connectivity index (χ3n) is 3.13. The summed E-state index contributed by atoms with van der Waals surface area (Å²) in [4.78, 5) is 0. The van der Waals surface area contributed by atoms with Gasteiger partial charge < -0.3 is 5.32 Å². The van der Waals surface area contributed by atoms with Crippen LogP contribution in [0, 0.1) is 13.8 Å². The lowest BCUT2D eigenvalue weighted by Crippen LogP contribution is -2.25. The van der Waals surface area contributed by atoms with Crippen molar-refractivity contribution in [2.24, 2.45) is 5.10 Å². The molecule has 0 fully saturated rings. The van der Waals surface area contributed by atoms with E-state index < -0.39 is 0 Å². The molecule has 0 spiro atoms. The summed E-state index contributed by atoms with van der Waals surface area (Å²) in [6.07, 6.45) is 4.19. The molecule has 2 N–H and O–H groups in total. The van der Waals surface area contributed by atoms with Gasteiger partial charge >= 0.3 is 0 Å². The molecule has 0 atom stereocenters. The number of nitrogens with one attached hydrogen (secondary N) is 2. The molecule has 0 saturated carbocycles. The van der Waals surface area contributed by atoms with Crippen molar-refractivity contribution in [2.75, 3.05) is 5.32 Å². The molecule has 3 nitrogen and oxygen atoms in total. The van der Waals surface area contributed by atoms with E-state index in [2.05, 4.69) is 60.9 Å². The van der Waals surface area contributed by atoms with Crippen molar-refractivity contribution < 1.29 is 0 Å². The number of hydrogen-bond acceptors (Lipinski definition) is 2. The highest BCUT2D eigenvalue weighted by Gasteiger charge is 2.07. The largest absolute Gasteiger partial charge is 0.331 e. The summed E-state index contributed by atoms with van der Waals surface area (Å²) in [7, 11) is 0. The maximum atomic E-state index is 5.25. The second-order valence-electron chi connectivity index (χ2n) is 4.98. The van der Waals surface area contributed by atoms with Gasteiger partial charge in [-0.3, -0.25) is 5.43 Å². The molecule has 0 bridgehead atoms. The SMILES string of the molecule is CC1=C/C(=N\NC(=S)Nc2cc(C)ccc2C)CC1. The number of benzene rings is 1. The summed E-state index contributed by atoms with van der Waals surface area (Å²) in [5, 5.41) is 8.01. The van der Waals surface area contributed by atoms with Gasteiger partial charge in [0.15, 0.2) is 5.11 Å². The van der Waals surface area contributed by atoms with Crippen LogP contribution >= 0.6 is 12.2 Å². The highest BCUT2D eigenvalue weighted by Crippen LogP contribution is 2.16. The van der Waals surface area contributed by atoms with Crippen molar-refractivity contribution in [1.82, 2.24) is 5.43 Å². The Kier molecular flexibility index (Phi) is 4.32. The summed E-state index contributed by atoms with van der Waals surface area (Å²) < 4.78 is 0. The Morgan fingerprint density at radius 3 is 2.68 bits per heavy atom. The minimum absolute atomic E-state index is 0.527. The van der Waals surface area contributed by atoms with Crippen molar-refractivity contribution in [3.63, 3.8) is 0 Å². The first-order valence-electron chi connectivity index (χ1n) is 6.42. The van der Waals surface area contributed by atoms with Gasteiger partial charge in [-0.15, -0.1) is 0 Å². The second-order valence-corrected chi connectivity index (χ2v) is 5.39. The fourth-order valence-electron chi connectivity index (χ4n) is 1.99. The van der Waals surface area contributed by atoms with Gasteiger partial charge in [-0.1, -0.05) is 17.7 Å². The number of allylic oxidation sites excluding steroid dienone is 2. The van der Waals surface area contributed by atoms with Gasteiger partial charge in [0.05, 0.1) is 5.71 Å². The average molecular weight is 273 g/mol. The smallest absolute Gasteiger partial charge is 0.191 e. The van der Waals surface area contributed by atoms with E-state index in [1.807, 2.05) is 0 Å². The topological polar surface area (TPSA) is 36.4 Å². The summed E-state index contributed by atoms with van der Waals surface area (Å²) >= 11 is 5.25. The molecular weight excluding hydrogens is 254 g/mol.